The summed E-state index contributed by atoms with van der Waals surface area (Å²) in [7, 11) is 0. The van der Waals surface area contributed by atoms with E-state index in [1.807, 2.05) is 43.3 Å². The Hall–Kier alpha value is -2.33. The van der Waals surface area contributed by atoms with Crippen LogP contribution in [0.2, 0.25) is 0 Å². The molecule has 0 spiro atoms. The van der Waals surface area contributed by atoms with Crippen molar-refractivity contribution in [2.45, 2.75) is 26.4 Å². The number of nitrogens with zero attached hydrogens (tertiary/aromatic N) is 1. The molecule has 126 valence electrons. The topological polar surface area (TPSA) is 41.6 Å². The van der Waals surface area contributed by atoms with E-state index in [1.54, 1.807) is 0 Å². The summed E-state index contributed by atoms with van der Waals surface area (Å²) in [5.41, 5.74) is 2.86. The second-order valence-electron chi connectivity index (χ2n) is 6.08. The zero-order valence-corrected chi connectivity index (χ0v) is 14.3. The summed E-state index contributed by atoms with van der Waals surface area (Å²) < 4.78 is 5.58. The van der Waals surface area contributed by atoms with Gasteiger partial charge in [-0.25, -0.2) is 0 Å². The Morgan fingerprint density at radius 3 is 2.79 bits per heavy atom. The van der Waals surface area contributed by atoms with Crippen LogP contribution in [0.5, 0.6) is 5.75 Å². The Balaban J connectivity index is 1.75. The highest BCUT2D eigenvalue weighted by Gasteiger charge is 2.23. The van der Waals surface area contributed by atoms with Gasteiger partial charge in [0.05, 0.1) is 11.7 Å². The van der Waals surface area contributed by atoms with Gasteiger partial charge in [-0.05, 0) is 37.2 Å². The molecule has 3 rings (SSSR count). The van der Waals surface area contributed by atoms with Crippen molar-refractivity contribution in [3.05, 3.63) is 59.7 Å². The van der Waals surface area contributed by atoms with Gasteiger partial charge in [-0.2, -0.15) is 0 Å². The van der Waals surface area contributed by atoms with E-state index < -0.39 is 0 Å². The van der Waals surface area contributed by atoms with E-state index in [0.29, 0.717) is 6.61 Å². The minimum atomic E-state index is -0.169. The molecule has 0 amide bonds. The molecule has 0 saturated heterocycles. The smallest absolute Gasteiger partial charge is 0.179 e. The minimum Gasteiger partial charge on any atom is -0.490 e. The molecule has 1 atom stereocenters. The molecule has 1 N–H and O–H groups in total. The Labute approximate surface area is 143 Å². The molecule has 0 aromatic heterocycles. The fourth-order valence-corrected chi connectivity index (χ4v) is 3.04. The number of nitrogens with one attached hydrogen (secondary N) is 1. The Morgan fingerprint density at radius 1 is 1.25 bits per heavy atom. The van der Waals surface area contributed by atoms with Crippen LogP contribution in [0.3, 0.4) is 0 Å². The number of ketones is 1. The van der Waals surface area contributed by atoms with Crippen LogP contribution < -0.4 is 10.1 Å². The van der Waals surface area contributed by atoms with E-state index >= 15 is 0 Å². The van der Waals surface area contributed by atoms with Gasteiger partial charge in [0.2, 0.25) is 0 Å². The number of fused-ring (bicyclic) bond motifs is 1. The van der Waals surface area contributed by atoms with Crippen LogP contribution in [0, 0.1) is 0 Å². The number of rotatable bonds is 6. The number of anilines is 1. The molecule has 1 unspecified atom stereocenters. The van der Waals surface area contributed by atoms with Crippen molar-refractivity contribution in [1.29, 1.82) is 0 Å². The summed E-state index contributed by atoms with van der Waals surface area (Å²) in [5.74, 6) is 0.963. The third-order valence-electron chi connectivity index (χ3n) is 4.50. The molecule has 0 saturated carbocycles. The van der Waals surface area contributed by atoms with Crippen LogP contribution in [-0.4, -0.2) is 36.4 Å². The van der Waals surface area contributed by atoms with E-state index in [1.165, 1.54) is 5.56 Å². The average molecular weight is 324 g/mol. The van der Waals surface area contributed by atoms with Crippen LogP contribution in [0.15, 0.2) is 48.5 Å². The van der Waals surface area contributed by atoms with Crippen molar-refractivity contribution in [3.8, 4) is 5.75 Å². The predicted octanol–water partition coefficient (Wildman–Crippen LogP) is 3.58. The summed E-state index contributed by atoms with van der Waals surface area (Å²) in [5, 5.41) is 3.29. The van der Waals surface area contributed by atoms with Crippen LogP contribution in [0.1, 0.15) is 29.8 Å². The SMILES string of the molecule is CCN(Cc1ccccc1)C(C)C(=O)c1ccc2c(c1)NCCO2. The molecule has 1 aliphatic rings. The number of hydrogen-bond donors (Lipinski definition) is 1. The van der Waals surface area contributed by atoms with Crippen molar-refractivity contribution in [2.24, 2.45) is 0 Å². The summed E-state index contributed by atoms with van der Waals surface area (Å²) >= 11 is 0. The fraction of sp³-hybridized carbons (Fsp3) is 0.350. The molecule has 4 heteroatoms. The first kappa shape index (κ1) is 16.5. The number of likely N-dealkylation sites (N-methyl/N-ethyl adjacent to an activating group) is 1. The Bertz CT molecular complexity index is 700. The zero-order chi connectivity index (χ0) is 16.9. The van der Waals surface area contributed by atoms with Gasteiger partial charge in [0, 0.05) is 18.7 Å². The first-order valence-corrected chi connectivity index (χ1v) is 8.52. The van der Waals surface area contributed by atoms with Gasteiger partial charge in [-0.15, -0.1) is 0 Å². The van der Waals surface area contributed by atoms with Crippen molar-refractivity contribution < 1.29 is 9.53 Å². The van der Waals surface area contributed by atoms with Gasteiger partial charge in [0.15, 0.2) is 5.78 Å². The standard InChI is InChI=1S/C20H24N2O2/c1-3-22(14-16-7-5-4-6-8-16)15(2)20(23)17-9-10-19-18(13-17)21-11-12-24-19/h4-10,13,15,21H,3,11-12,14H2,1-2H3. The second kappa shape index (κ2) is 7.49. The fourth-order valence-electron chi connectivity index (χ4n) is 3.04. The number of carbonyl (C=O) groups is 1. The quantitative estimate of drug-likeness (QED) is 0.825. The lowest BCUT2D eigenvalue weighted by Crippen LogP contribution is -2.38. The molecule has 0 bridgehead atoms. The monoisotopic (exact) mass is 324 g/mol. The van der Waals surface area contributed by atoms with Crippen molar-refractivity contribution in [1.82, 2.24) is 4.90 Å². The molecular formula is C20H24N2O2. The number of Topliss-reactive ketones (excluding diaryl/α,β-unsaturated/α-hetero) is 1. The summed E-state index contributed by atoms with van der Waals surface area (Å²) in [6, 6.07) is 15.8. The first-order chi connectivity index (χ1) is 11.7. The molecule has 0 radical (unpaired) electrons. The molecular weight excluding hydrogens is 300 g/mol. The van der Waals surface area contributed by atoms with E-state index in [4.69, 9.17) is 4.74 Å². The van der Waals surface area contributed by atoms with Crippen molar-refractivity contribution in [2.75, 3.05) is 25.0 Å². The lowest BCUT2D eigenvalue weighted by molar-refractivity contribution is 0.0835. The third-order valence-corrected chi connectivity index (χ3v) is 4.50. The molecule has 1 heterocycles. The lowest BCUT2D eigenvalue weighted by Gasteiger charge is -2.27. The third kappa shape index (κ3) is 3.60. The average Bonchev–Trinajstić information content (AvgIpc) is 2.65. The molecule has 2 aromatic rings. The summed E-state index contributed by atoms with van der Waals surface area (Å²) in [4.78, 5) is 15.1. The van der Waals surface area contributed by atoms with Gasteiger partial charge in [0.25, 0.3) is 0 Å². The highest BCUT2D eigenvalue weighted by molar-refractivity contribution is 6.01. The Morgan fingerprint density at radius 2 is 2.04 bits per heavy atom. The molecule has 4 nitrogen and oxygen atoms in total. The highest BCUT2D eigenvalue weighted by Crippen LogP contribution is 2.28. The lowest BCUT2D eigenvalue weighted by atomic mass is 10.0. The molecule has 2 aromatic carbocycles. The summed E-state index contributed by atoms with van der Waals surface area (Å²) in [6.07, 6.45) is 0. The number of hydrogen-bond acceptors (Lipinski definition) is 4. The van der Waals surface area contributed by atoms with Crippen molar-refractivity contribution >= 4 is 11.5 Å². The van der Waals surface area contributed by atoms with Gasteiger partial charge in [0.1, 0.15) is 12.4 Å². The second-order valence-corrected chi connectivity index (χ2v) is 6.08. The minimum absolute atomic E-state index is 0.142. The number of ether oxygens (including phenoxy) is 1. The number of carbonyl (C=O) groups excluding carboxylic acids is 1. The molecule has 0 fully saturated rings. The molecule has 0 aliphatic carbocycles. The van der Waals surface area contributed by atoms with E-state index in [2.05, 4.69) is 29.3 Å². The van der Waals surface area contributed by atoms with Crippen molar-refractivity contribution in [3.63, 3.8) is 0 Å². The van der Waals surface area contributed by atoms with Gasteiger partial charge < -0.3 is 10.1 Å². The van der Waals surface area contributed by atoms with Crippen LogP contribution in [0.25, 0.3) is 0 Å². The van der Waals surface area contributed by atoms with Crippen LogP contribution in [0.4, 0.5) is 5.69 Å². The largest absolute Gasteiger partial charge is 0.490 e. The zero-order valence-electron chi connectivity index (χ0n) is 14.3. The predicted molar refractivity (Wildman–Crippen MR) is 96.7 cm³/mol. The first-order valence-electron chi connectivity index (χ1n) is 8.52. The highest BCUT2D eigenvalue weighted by atomic mass is 16.5. The maximum absolute atomic E-state index is 12.9. The summed E-state index contributed by atoms with van der Waals surface area (Å²) in [6.45, 7) is 7.12. The molecule has 1 aliphatic heterocycles. The maximum atomic E-state index is 12.9. The van der Waals surface area contributed by atoms with Gasteiger partial charge in [-0.1, -0.05) is 37.3 Å². The Kier molecular flexibility index (Phi) is 5.16. The molecule has 24 heavy (non-hydrogen) atoms. The van der Waals surface area contributed by atoms with Gasteiger partial charge >= 0.3 is 0 Å². The van der Waals surface area contributed by atoms with E-state index in [-0.39, 0.29) is 11.8 Å². The van der Waals surface area contributed by atoms with Crippen LogP contribution in [-0.2, 0) is 6.54 Å². The van der Waals surface area contributed by atoms with Gasteiger partial charge in [-0.3, -0.25) is 9.69 Å². The van der Waals surface area contributed by atoms with E-state index in [0.717, 1.165) is 36.6 Å². The van der Waals surface area contributed by atoms with E-state index in [9.17, 15) is 4.79 Å². The maximum Gasteiger partial charge on any atom is 0.179 e. The van der Waals surface area contributed by atoms with Crippen LogP contribution >= 0.6 is 0 Å². The normalized spacial score (nSPS) is 14.5. The number of benzene rings is 2.